The van der Waals surface area contributed by atoms with E-state index < -0.39 is 10.0 Å². The maximum atomic E-state index is 11.8. The Morgan fingerprint density at radius 3 is 2.50 bits per heavy atom. The Balaban J connectivity index is 1.68. The van der Waals surface area contributed by atoms with Gasteiger partial charge in [0.1, 0.15) is 0 Å². The summed E-state index contributed by atoms with van der Waals surface area (Å²) in [7, 11) is -2.00. The lowest BCUT2D eigenvalue weighted by atomic mass is 9.99. The van der Waals surface area contributed by atoms with Gasteiger partial charge in [-0.05, 0) is 43.7 Å². The van der Waals surface area contributed by atoms with Crippen molar-refractivity contribution in [1.82, 2.24) is 14.9 Å². The van der Waals surface area contributed by atoms with Gasteiger partial charge in [-0.3, -0.25) is 0 Å². The maximum absolute atomic E-state index is 11.8. The number of likely N-dealkylation sites (tertiary alicyclic amines) is 1. The van der Waals surface area contributed by atoms with Crippen LogP contribution in [0.2, 0.25) is 0 Å². The first-order valence-electron chi connectivity index (χ1n) is 9.64. The Morgan fingerprint density at radius 1 is 1.14 bits per heavy atom. The molecule has 6 nitrogen and oxygen atoms in total. The van der Waals surface area contributed by atoms with Crippen LogP contribution in [-0.4, -0.2) is 46.0 Å². The van der Waals surface area contributed by atoms with Crippen LogP contribution in [0.4, 0.5) is 0 Å². The first-order chi connectivity index (χ1) is 13.5. The van der Waals surface area contributed by atoms with Crippen LogP contribution in [0.15, 0.2) is 64.5 Å². The standard InChI is InChI=1S/C21H28N4O2S/c1-3-23-21(25-14-13-19(16-25)18-7-5-4-6-8-18)24-15-17-9-11-20(12-10-17)28(26,27)22-2/h4-12,19,22H,3,13-16H2,1-2H3,(H,23,24). The van der Waals surface area contributed by atoms with Crippen LogP contribution in [-0.2, 0) is 16.6 Å². The number of rotatable bonds is 6. The number of hydrogen-bond donors (Lipinski definition) is 2. The molecule has 0 aromatic heterocycles. The molecular formula is C21H28N4O2S. The third-order valence-corrected chi connectivity index (χ3v) is 6.44. The Hall–Kier alpha value is -2.38. The van der Waals surface area contributed by atoms with Crippen LogP contribution < -0.4 is 10.0 Å². The molecule has 1 saturated heterocycles. The second-order valence-corrected chi connectivity index (χ2v) is 8.75. The van der Waals surface area contributed by atoms with Crippen molar-refractivity contribution in [2.24, 2.45) is 4.99 Å². The van der Waals surface area contributed by atoms with Crippen molar-refractivity contribution in [3.8, 4) is 0 Å². The van der Waals surface area contributed by atoms with Gasteiger partial charge in [-0.1, -0.05) is 42.5 Å². The minimum atomic E-state index is -3.41. The predicted molar refractivity (Wildman–Crippen MR) is 113 cm³/mol. The number of nitrogens with one attached hydrogen (secondary N) is 2. The van der Waals surface area contributed by atoms with Crippen LogP contribution >= 0.6 is 0 Å². The number of hydrogen-bond acceptors (Lipinski definition) is 3. The van der Waals surface area contributed by atoms with E-state index in [1.807, 2.05) is 12.1 Å². The minimum Gasteiger partial charge on any atom is -0.357 e. The van der Waals surface area contributed by atoms with Crippen LogP contribution in [0.3, 0.4) is 0 Å². The molecule has 2 N–H and O–H groups in total. The lowest BCUT2D eigenvalue weighted by Gasteiger charge is -2.22. The van der Waals surface area contributed by atoms with Gasteiger partial charge in [0.2, 0.25) is 10.0 Å². The Morgan fingerprint density at radius 2 is 1.86 bits per heavy atom. The smallest absolute Gasteiger partial charge is 0.240 e. The Kier molecular flexibility index (Phi) is 6.70. The monoisotopic (exact) mass is 400 g/mol. The summed E-state index contributed by atoms with van der Waals surface area (Å²) >= 11 is 0. The van der Waals surface area contributed by atoms with Crippen molar-refractivity contribution in [3.63, 3.8) is 0 Å². The zero-order valence-electron chi connectivity index (χ0n) is 16.4. The molecule has 1 aliphatic rings. The molecule has 0 amide bonds. The summed E-state index contributed by atoms with van der Waals surface area (Å²) in [5, 5.41) is 3.38. The molecule has 1 atom stereocenters. The molecule has 150 valence electrons. The molecular weight excluding hydrogens is 372 g/mol. The number of guanidine groups is 1. The second kappa shape index (κ2) is 9.21. The average molecular weight is 401 g/mol. The van der Waals surface area contributed by atoms with Gasteiger partial charge >= 0.3 is 0 Å². The van der Waals surface area contributed by atoms with Gasteiger partial charge in [0.25, 0.3) is 0 Å². The first kappa shape index (κ1) is 20.4. The number of sulfonamides is 1. The van der Waals surface area contributed by atoms with E-state index in [-0.39, 0.29) is 4.90 Å². The van der Waals surface area contributed by atoms with E-state index in [1.54, 1.807) is 12.1 Å². The van der Waals surface area contributed by atoms with E-state index in [0.29, 0.717) is 12.5 Å². The fourth-order valence-corrected chi connectivity index (χ4v) is 4.16. The first-order valence-corrected chi connectivity index (χ1v) is 11.1. The fraction of sp³-hybridized carbons (Fsp3) is 0.381. The summed E-state index contributed by atoms with van der Waals surface area (Å²) < 4.78 is 26.0. The molecule has 1 aliphatic heterocycles. The molecule has 2 aromatic rings. The van der Waals surface area contributed by atoms with Crippen molar-refractivity contribution >= 4 is 16.0 Å². The average Bonchev–Trinajstić information content (AvgIpc) is 3.22. The Bertz CT molecular complexity index is 896. The van der Waals surface area contributed by atoms with E-state index in [1.165, 1.54) is 12.6 Å². The second-order valence-electron chi connectivity index (χ2n) is 6.86. The van der Waals surface area contributed by atoms with E-state index in [4.69, 9.17) is 4.99 Å². The van der Waals surface area contributed by atoms with Gasteiger partial charge in [-0.25, -0.2) is 18.1 Å². The Labute approximate surface area is 167 Å². The fourth-order valence-electron chi connectivity index (χ4n) is 3.43. The van der Waals surface area contributed by atoms with Gasteiger partial charge in [-0.2, -0.15) is 0 Å². The van der Waals surface area contributed by atoms with Gasteiger partial charge < -0.3 is 10.2 Å². The van der Waals surface area contributed by atoms with E-state index in [0.717, 1.165) is 37.6 Å². The van der Waals surface area contributed by atoms with Gasteiger partial charge in [0, 0.05) is 25.6 Å². The summed E-state index contributed by atoms with van der Waals surface area (Å²) in [6, 6.07) is 17.5. The zero-order valence-corrected chi connectivity index (χ0v) is 17.2. The molecule has 1 fully saturated rings. The number of aliphatic imine (C=N–C) groups is 1. The highest BCUT2D eigenvalue weighted by Crippen LogP contribution is 2.27. The summed E-state index contributed by atoms with van der Waals surface area (Å²) in [6.45, 7) is 5.32. The largest absolute Gasteiger partial charge is 0.357 e. The SMILES string of the molecule is CCNC(=NCc1ccc(S(=O)(=O)NC)cc1)N1CCC(c2ccccc2)C1. The molecule has 0 saturated carbocycles. The molecule has 1 heterocycles. The molecule has 3 rings (SSSR count). The normalized spacial score (nSPS) is 17.7. The van der Waals surface area contributed by atoms with Crippen molar-refractivity contribution in [2.45, 2.75) is 30.7 Å². The molecule has 0 bridgehead atoms. The van der Waals surface area contributed by atoms with Crippen LogP contribution in [0, 0.1) is 0 Å². The van der Waals surface area contributed by atoms with Crippen molar-refractivity contribution in [1.29, 1.82) is 0 Å². The van der Waals surface area contributed by atoms with E-state index in [9.17, 15) is 8.42 Å². The van der Waals surface area contributed by atoms with Crippen LogP contribution in [0.5, 0.6) is 0 Å². The maximum Gasteiger partial charge on any atom is 0.240 e. The highest BCUT2D eigenvalue weighted by molar-refractivity contribution is 7.89. The van der Waals surface area contributed by atoms with Crippen molar-refractivity contribution in [2.75, 3.05) is 26.7 Å². The highest BCUT2D eigenvalue weighted by atomic mass is 32.2. The van der Waals surface area contributed by atoms with Crippen molar-refractivity contribution < 1.29 is 8.42 Å². The third kappa shape index (κ3) is 4.91. The predicted octanol–water partition coefficient (Wildman–Crippen LogP) is 2.55. The summed E-state index contributed by atoms with van der Waals surface area (Å²) in [4.78, 5) is 7.34. The number of nitrogens with zero attached hydrogens (tertiary/aromatic N) is 2. The molecule has 0 spiro atoms. The minimum absolute atomic E-state index is 0.264. The zero-order chi connectivity index (χ0) is 20.0. The quantitative estimate of drug-likeness (QED) is 0.577. The highest BCUT2D eigenvalue weighted by Gasteiger charge is 2.25. The summed E-state index contributed by atoms with van der Waals surface area (Å²) in [5.74, 6) is 1.43. The van der Waals surface area contributed by atoms with E-state index in [2.05, 4.69) is 52.2 Å². The van der Waals surface area contributed by atoms with Crippen molar-refractivity contribution in [3.05, 3.63) is 65.7 Å². The van der Waals surface area contributed by atoms with Gasteiger partial charge in [0.15, 0.2) is 5.96 Å². The van der Waals surface area contributed by atoms with Crippen LogP contribution in [0.25, 0.3) is 0 Å². The van der Waals surface area contributed by atoms with Gasteiger partial charge in [0.05, 0.1) is 11.4 Å². The third-order valence-electron chi connectivity index (χ3n) is 5.01. The van der Waals surface area contributed by atoms with Gasteiger partial charge in [-0.15, -0.1) is 0 Å². The molecule has 0 radical (unpaired) electrons. The summed E-state index contributed by atoms with van der Waals surface area (Å²) in [5.41, 5.74) is 2.35. The molecule has 28 heavy (non-hydrogen) atoms. The summed E-state index contributed by atoms with van der Waals surface area (Å²) in [6.07, 6.45) is 1.12. The molecule has 1 unspecified atom stereocenters. The number of benzene rings is 2. The molecule has 7 heteroatoms. The molecule has 2 aromatic carbocycles. The lowest BCUT2D eigenvalue weighted by molar-refractivity contribution is 0.486. The van der Waals surface area contributed by atoms with E-state index >= 15 is 0 Å². The topological polar surface area (TPSA) is 73.8 Å². The molecule has 0 aliphatic carbocycles. The lowest BCUT2D eigenvalue weighted by Crippen LogP contribution is -2.40. The van der Waals surface area contributed by atoms with Crippen LogP contribution in [0.1, 0.15) is 30.4 Å².